The molecule has 3 aromatic heterocycles. The number of halogens is 1. The standard InChI is InChI=1S/C21H19ClN6O2/c1-13-11-15(18-8-4-5-10-23-18)14(2)24-20(13)30-12-16-17(22)7-6-9-19(16)28-21(29)27(3)25-26-28/h4-11H,12H2,1-3H3. The van der Waals surface area contributed by atoms with E-state index in [4.69, 9.17) is 16.3 Å². The molecule has 0 fully saturated rings. The van der Waals surface area contributed by atoms with Gasteiger partial charge >= 0.3 is 5.69 Å². The van der Waals surface area contributed by atoms with Crippen molar-refractivity contribution in [1.82, 2.24) is 29.8 Å². The number of ether oxygens (including phenoxy) is 1. The Bertz CT molecular complexity index is 1270. The monoisotopic (exact) mass is 422 g/mol. The summed E-state index contributed by atoms with van der Waals surface area (Å²) in [7, 11) is 1.53. The molecule has 9 heteroatoms. The maximum Gasteiger partial charge on any atom is 0.368 e. The third-order valence-corrected chi connectivity index (χ3v) is 5.05. The number of hydrogen-bond acceptors (Lipinski definition) is 6. The first kappa shape index (κ1) is 19.8. The van der Waals surface area contributed by atoms with Gasteiger partial charge in [0, 0.05) is 35.0 Å². The van der Waals surface area contributed by atoms with Crippen molar-refractivity contribution < 1.29 is 4.74 Å². The SMILES string of the molecule is Cc1cc(-c2ccccn2)c(C)nc1OCc1c(Cl)cccc1-n1nnn(C)c1=O. The smallest absolute Gasteiger partial charge is 0.368 e. The van der Waals surface area contributed by atoms with E-state index in [2.05, 4.69) is 20.4 Å². The fraction of sp³-hybridized carbons (Fsp3) is 0.190. The molecule has 0 aliphatic carbocycles. The van der Waals surface area contributed by atoms with Gasteiger partial charge in [0.25, 0.3) is 0 Å². The van der Waals surface area contributed by atoms with Gasteiger partial charge in [-0.1, -0.05) is 23.7 Å². The van der Waals surface area contributed by atoms with Crippen LogP contribution in [0.2, 0.25) is 5.02 Å². The van der Waals surface area contributed by atoms with E-state index >= 15 is 0 Å². The zero-order valence-corrected chi connectivity index (χ0v) is 17.5. The van der Waals surface area contributed by atoms with Crippen LogP contribution in [0.1, 0.15) is 16.8 Å². The third kappa shape index (κ3) is 3.69. The van der Waals surface area contributed by atoms with Crippen LogP contribution in [0.4, 0.5) is 0 Å². The number of aryl methyl sites for hydroxylation is 3. The maximum absolute atomic E-state index is 12.3. The predicted octanol–water partition coefficient (Wildman–Crippen LogP) is 3.27. The lowest BCUT2D eigenvalue weighted by Gasteiger charge is -2.14. The Morgan fingerprint density at radius 2 is 1.93 bits per heavy atom. The van der Waals surface area contributed by atoms with Crippen LogP contribution < -0.4 is 10.4 Å². The molecule has 3 heterocycles. The predicted molar refractivity (Wildman–Crippen MR) is 113 cm³/mol. The summed E-state index contributed by atoms with van der Waals surface area (Å²) in [5.74, 6) is 0.490. The lowest BCUT2D eigenvalue weighted by atomic mass is 10.1. The molecule has 4 rings (SSSR count). The van der Waals surface area contributed by atoms with Crippen LogP contribution in [0.3, 0.4) is 0 Å². The Morgan fingerprint density at radius 3 is 2.63 bits per heavy atom. The van der Waals surface area contributed by atoms with Gasteiger partial charge in [0.2, 0.25) is 5.88 Å². The summed E-state index contributed by atoms with van der Waals surface area (Å²) in [6, 6.07) is 13.0. The highest BCUT2D eigenvalue weighted by Gasteiger charge is 2.16. The molecule has 0 aliphatic heterocycles. The van der Waals surface area contributed by atoms with Crippen LogP contribution in [-0.4, -0.2) is 29.8 Å². The number of aromatic nitrogens is 6. The normalized spacial score (nSPS) is 10.9. The zero-order chi connectivity index (χ0) is 21.3. The van der Waals surface area contributed by atoms with Crippen LogP contribution in [0.5, 0.6) is 5.88 Å². The molecule has 1 aromatic carbocycles. The molecule has 0 saturated heterocycles. The van der Waals surface area contributed by atoms with Gasteiger partial charge in [0.15, 0.2) is 0 Å². The molecule has 0 aliphatic rings. The molecule has 0 amide bonds. The van der Waals surface area contributed by atoms with E-state index in [1.807, 2.05) is 38.1 Å². The van der Waals surface area contributed by atoms with Gasteiger partial charge in [-0.25, -0.2) is 9.78 Å². The minimum absolute atomic E-state index is 0.119. The van der Waals surface area contributed by atoms with E-state index < -0.39 is 0 Å². The van der Waals surface area contributed by atoms with Crippen molar-refractivity contribution >= 4 is 11.6 Å². The van der Waals surface area contributed by atoms with Crippen molar-refractivity contribution in [2.75, 3.05) is 0 Å². The molecule has 4 aromatic rings. The number of benzene rings is 1. The summed E-state index contributed by atoms with van der Waals surface area (Å²) in [4.78, 5) is 21.3. The number of nitrogens with zero attached hydrogens (tertiary/aromatic N) is 6. The van der Waals surface area contributed by atoms with Gasteiger partial charge in [0.1, 0.15) is 6.61 Å². The molecule has 0 radical (unpaired) electrons. The Kier molecular flexibility index (Phi) is 5.33. The lowest BCUT2D eigenvalue weighted by molar-refractivity contribution is 0.290. The Morgan fingerprint density at radius 1 is 1.10 bits per heavy atom. The van der Waals surface area contributed by atoms with Crippen LogP contribution in [0.15, 0.2) is 53.5 Å². The van der Waals surface area contributed by atoms with E-state index in [1.54, 1.807) is 24.4 Å². The highest BCUT2D eigenvalue weighted by Crippen LogP contribution is 2.28. The van der Waals surface area contributed by atoms with Gasteiger partial charge in [-0.15, -0.1) is 0 Å². The van der Waals surface area contributed by atoms with E-state index in [9.17, 15) is 4.79 Å². The lowest BCUT2D eigenvalue weighted by Crippen LogP contribution is -2.23. The summed E-state index contributed by atoms with van der Waals surface area (Å²) < 4.78 is 8.34. The first-order chi connectivity index (χ1) is 14.5. The molecule has 0 unspecified atom stereocenters. The van der Waals surface area contributed by atoms with E-state index in [0.29, 0.717) is 22.2 Å². The van der Waals surface area contributed by atoms with Gasteiger partial charge in [-0.3, -0.25) is 4.98 Å². The first-order valence-corrected chi connectivity index (χ1v) is 9.62. The number of tetrazole rings is 1. The average Bonchev–Trinajstić information content (AvgIpc) is 3.08. The number of pyridine rings is 2. The van der Waals surface area contributed by atoms with E-state index in [1.165, 1.54) is 11.7 Å². The molecule has 0 atom stereocenters. The quantitative estimate of drug-likeness (QED) is 0.490. The molecule has 0 N–H and O–H groups in total. The van der Waals surface area contributed by atoms with Gasteiger partial charge < -0.3 is 4.74 Å². The molecular weight excluding hydrogens is 404 g/mol. The summed E-state index contributed by atoms with van der Waals surface area (Å²) in [5, 5.41) is 8.12. The average molecular weight is 423 g/mol. The van der Waals surface area contributed by atoms with Crippen LogP contribution >= 0.6 is 11.6 Å². The molecular formula is C21H19ClN6O2. The summed E-state index contributed by atoms with van der Waals surface area (Å²) in [6.07, 6.45) is 1.75. The van der Waals surface area contributed by atoms with Gasteiger partial charge in [0.05, 0.1) is 17.1 Å². The molecule has 0 bridgehead atoms. The van der Waals surface area contributed by atoms with E-state index in [0.717, 1.165) is 27.2 Å². The van der Waals surface area contributed by atoms with Crippen molar-refractivity contribution in [1.29, 1.82) is 0 Å². The van der Waals surface area contributed by atoms with Crippen molar-refractivity contribution in [2.24, 2.45) is 7.05 Å². The third-order valence-electron chi connectivity index (χ3n) is 4.70. The second-order valence-electron chi connectivity index (χ2n) is 6.78. The van der Waals surface area contributed by atoms with Crippen molar-refractivity contribution in [3.8, 4) is 22.8 Å². The maximum atomic E-state index is 12.3. The minimum atomic E-state index is -0.372. The van der Waals surface area contributed by atoms with Crippen LogP contribution in [0.25, 0.3) is 16.9 Å². The molecule has 8 nitrogen and oxygen atoms in total. The summed E-state index contributed by atoms with van der Waals surface area (Å²) in [6.45, 7) is 3.96. The number of hydrogen-bond donors (Lipinski definition) is 0. The van der Waals surface area contributed by atoms with Crippen molar-refractivity contribution in [3.05, 3.63) is 81.0 Å². The fourth-order valence-corrected chi connectivity index (χ4v) is 3.33. The molecule has 0 spiro atoms. The fourth-order valence-electron chi connectivity index (χ4n) is 3.10. The zero-order valence-electron chi connectivity index (χ0n) is 16.7. The highest BCUT2D eigenvalue weighted by atomic mass is 35.5. The Hall–Kier alpha value is -3.52. The van der Waals surface area contributed by atoms with Crippen molar-refractivity contribution in [3.63, 3.8) is 0 Å². The second-order valence-corrected chi connectivity index (χ2v) is 7.19. The van der Waals surface area contributed by atoms with Gasteiger partial charge in [-0.05, 0) is 54.6 Å². The topological polar surface area (TPSA) is 87.7 Å². The first-order valence-electron chi connectivity index (χ1n) is 9.25. The largest absolute Gasteiger partial charge is 0.472 e. The minimum Gasteiger partial charge on any atom is -0.472 e. The molecule has 0 saturated carbocycles. The van der Waals surface area contributed by atoms with Crippen LogP contribution in [0, 0.1) is 13.8 Å². The number of rotatable bonds is 5. The summed E-state index contributed by atoms with van der Waals surface area (Å²) >= 11 is 6.40. The molecule has 152 valence electrons. The highest BCUT2D eigenvalue weighted by molar-refractivity contribution is 6.31. The van der Waals surface area contributed by atoms with Crippen molar-refractivity contribution in [2.45, 2.75) is 20.5 Å². The summed E-state index contributed by atoms with van der Waals surface area (Å²) in [5.41, 5.74) is 4.24. The Labute approximate surface area is 177 Å². The Balaban J connectivity index is 1.66. The second kappa shape index (κ2) is 8.08. The van der Waals surface area contributed by atoms with Crippen LogP contribution in [-0.2, 0) is 13.7 Å². The molecule has 30 heavy (non-hydrogen) atoms. The van der Waals surface area contributed by atoms with Gasteiger partial charge in [-0.2, -0.15) is 9.36 Å². The van der Waals surface area contributed by atoms with E-state index in [-0.39, 0.29) is 12.3 Å².